The Hall–Kier alpha value is -1.83. The average molecular weight is 484 g/mol. The largest absolute Gasteiger partial charge is 0.459 e. The van der Waals surface area contributed by atoms with Crippen molar-refractivity contribution in [1.82, 2.24) is 9.55 Å². The highest BCUT2D eigenvalue weighted by atomic mass is 79.9. The van der Waals surface area contributed by atoms with E-state index < -0.39 is 35.1 Å². The molecule has 1 aromatic heterocycles. The summed E-state index contributed by atoms with van der Waals surface area (Å²) < 4.78 is 105. The minimum absolute atomic E-state index is 0.0557. The van der Waals surface area contributed by atoms with Crippen molar-refractivity contribution in [3.63, 3.8) is 0 Å². The highest BCUT2D eigenvalue weighted by Gasteiger charge is 2.60. The van der Waals surface area contributed by atoms with Crippen molar-refractivity contribution in [2.24, 2.45) is 0 Å². The molecule has 4 nitrogen and oxygen atoms in total. The van der Waals surface area contributed by atoms with Gasteiger partial charge in [-0.3, -0.25) is 9.36 Å². The molecule has 0 aliphatic heterocycles. The van der Waals surface area contributed by atoms with Gasteiger partial charge in [0.25, 0.3) is 5.56 Å². The molecule has 1 aromatic carbocycles. The summed E-state index contributed by atoms with van der Waals surface area (Å²) in [6, 6.07) is 1.10. The Morgan fingerprint density at radius 3 is 2.07 bits per heavy atom. The molecule has 0 amide bonds. The first-order valence-corrected chi connectivity index (χ1v) is 7.79. The zero-order chi connectivity index (χ0) is 20.8. The Morgan fingerprint density at radius 1 is 1.04 bits per heavy atom. The summed E-state index contributed by atoms with van der Waals surface area (Å²) in [5.74, 6) is -5.38. The van der Waals surface area contributed by atoms with Gasteiger partial charge >= 0.3 is 18.3 Å². The van der Waals surface area contributed by atoms with Crippen LogP contribution >= 0.6 is 28.7 Å². The van der Waals surface area contributed by atoms with Crippen molar-refractivity contribution in [3.05, 3.63) is 50.6 Å². The number of nitrogens with one attached hydrogen (secondary N) is 1. The number of halogens is 9. The summed E-state index contributed by atoms with van der Waals surface area (Å²) in [5.41, 5.74) is -5.05. The number of anilines is 1. The van der Waals surface area contributed by atoms with Crippen molar-refractivity contribution >= 4 is 34.4 Å². The third kappa shape index (κ3) is 4.05. The van der Waals surface area contributed by atoms with E-state index in [1.165, 1.54) is 0 Å². The van der Waals surface area contributed by atoms with E-state index >= 15 is 0 Å². The first-order valence-electron chi connectivity index (χ1n) is 6.55. The van der Waals surface area contributed by atoms with Gasteiger partial charge in [-0.15, -0.1) is 0 Å². The van der Waals surface area contributed by atoms with E-state index in [0.29, 0.717) is 23.0 Å². The minimum atomic E-state index is -5.98. The molecule has 0 aliphatic rings. The molecule has 0 bridgehead atoms. The van der Waals surface area contributed by atoms with Crippen LogP contribution < -0.4 is 10.3 Å². The van der Waals surface area contributed by atoms with Crippen LogP contribution in [0.5, 0.6) is 0 Å². The van der Waals surface area contributed by atoms with E-state index in [1.807, 2.05) is 0 Å². The topological polar surface area (TPSA) is 46.9 Å². The summed E-state index contributed by atoms with van der Waals surface area (Å²) in [4.78, 5) is 15.0. The van der Waals surface area contributed by atoms with Crippen LogP contribution in [0.2, 0.25) is 0 Å². The van der Waals surface area contributed by atoms with Crippen molar-refractivity contribution in [2.75, 3.05) is 4.72 Å². The van der Waals surface area contributed by atoms with Crippen molar-refractivity contribution in [3.8, 4) is 5.69 Å². The fraction of sp³-hybridized carbons (Fsp3) is 0.231. The summed E-state index contributed by atoms with van der Waals surface area (Å²) in [6.45, 7) is 0. The Balaban J connectivity index is 2.66. The number of aromatic nitrogens is 2. The molecule has 2 rings (SSSR count). The van der Waals surface area contributed by atoms with Gasteiger partial charge in [-0.2, -0.15) is 35.1 Å². The van der Waals surface area contributed by atoms with Crippen LogP contribution in [0.1, 0.15) is 11.3 Å². The minimum Gasteiger partial charge on any atom is -0.331 e. The van der Waals surface area contributed by atoms with Crippen LogP contribution in [0.4, 0.5) is 40.8 Å². The fourth-order valence-corrected chi connectivity index (χ4v) is 2.80. The van der Waals surface area contributed by atoms with Crippen molar-refractivity contribution in [2.45, 2.75) is 18.3 Å². The Labute approximate surface area is 158 Å². The Bertz CT molecular complexity index is 925. The second-order valence-electron chi connectivity index (χ2n) is 5.02. The maximum atomic E-state index is 13.3. The molecule has 14 heteroatoms. The second kappa shape index (κ2) is 6.96. The van der Waals surface area contributed by atoms with Crippen LogP contribution in [0, 0.1) is 0 Å². The van der Waals surface area contributed by atoms with Gasteiger partial charge in [0.05, 0.1) is 16.9 Å². The molecular weight excluding hydrogens is 478 g/mol. The van der Waals surface area contributed by atoms with Gasteiger partial charge < -0.3 is 4.72 Å². The third-order valence-corrected chi connectivity index (χ3v) is 4.09. The third-order valence-electron chi connectivity index (χ3n) is 3.24. The van der Waals surface area contributed by atoms with E-state index in [4.69, 9.17) is 0 Å². The Kier molecular flexibility index (Phi) is 5.54. The number of thiol groups is 1. The van der Waals surface area contributed by atoms with E-state index in [2.05, 4.69) is 38.5 Å². The van der Waals surface area contributed by atoms with E-state index in [1.54, 1.807) is 0 Å². The highest BCUT2D eigenvalue weighted by Crippen LogP contribution is 2.43. The number of rotatable bonds is 3. The zero-order valence-corrected chi connectivity index (χ0v) is 14.9. The quantitative estimate of drug-likeness (QED) is 0.481. The van der Waals surface area contributed by atoms with Crippen molar-refractivity contribution < 1.29 is 35.1 Å². The predicted octanol–water partition coefficient (Wildman–Crippen LogP) is 4.92. The summed E-state index contributed by atoms with van der Waals surface area (Å²) in [6.07, 6.45) is -10.4. The lowest BCUT2D eigenvalue weighted by atomic mass is 10.1. The molecule has 0 atom stereocenters. The maximum Gasteiger partial charge on any atom is 0.459 e. The summed E-state index contributed by atoms with van der Waals surface area (Å²) in [7, 11) is 0. The van der Waals surface area contributed by atoms with E-state index in [-0.39, 0.29) is 21.9 Å². The number of hydrogen-bond donors (Lipinski definition) is 2. The lowest BCUT2D eigenvalue weighted by Gasteiger charge is -2.20. The lowest BCUT2D eigenvalue weighted by Crippen LogP contribution is -2.36. The average Bonchev–Trinajstić information content (AvgIpc) is 2.52. The van der Waals surface area contributed by atoms with Gasteiger partial charge in [-0.25, -0.2) is 4.98 Å². The standard InChI is InChI=1S/C13H6BrF8N3OS/c14-6-1-5(12(17,18)19)2-7(24-27)10(6)25-4-23-8(3-9(25)26)11(15,16)13(20,21)22/h1-4,24,27H. The smallest absolute Gasteiger partial charge is 0.331 e. The highest BCUT2D eigenvalue weighted by molar-refractivity contribution is 9.10. The van der Waals surface area contributed by atoms with Gasteiger partial charge in [0.1, 0.15) is 12.0 Å². The van der Waals surface area contributed by atoms with Gasteiger partial charge in [-0.05, 0) is 28.1 Å². The zero-order valence-electron chi connectivity index (χ0n) is 12.5. The van der Waals surface area contributed by atoms with Gasteiger partial charge in [0.2, 0.25) is 0 Å². The molecule has 0 fully saturated rings. The normalized spacial score (nSPS) is 13.0. The molecule has 27 heavy (non-hydrogen) atoms. The SMILES string of the molecule is O=c1cc(C(F)(F)C(F)(F)F)ncn1-c1c(Br)cc(C(F)(F)F)cc1NS. The van der Waals surface area contributed by atoms with E-state index in [0.717, 1.165) is 0 Å². The molecule has 0 radical (unpaired) electrons. The maximum absolute atomic E-state index is 13.3. The number of nitrogens with zero attached hydrogens (tertiary/aromatic N) is 2. The number of alkyl halides is 8. The summed E-state index contributed by atoms with van der Waals surface area (Å²) in [5, 5.41) is 0. The second-order valence-corrected chi connectivity index (χ2v) is 6.10. The molecule has 1 heterocycles. The number of benzene rings is 1. The van der Waals surface area contributed by atoms with Crippen LogP contribution in [0.25, 0.3) is 5.69 Å². The Morgan fingerprint density at radius 2 is 1.63 bits per heavy atom. The first kappa shape index (κ1) is 21.5. The first-order chi connectivity index (χ1) is 12.2. The molecule has 0 aliphatic carbocycles. The molecule has 0 unspecified atom stereocenters. The van der Waals surface area contributed by atoms with Crippen LogP contribution in [0.15, 0.2) is 33.8 Å². The van der Waals surface area contributed by atoms with Crippen LogP contribution in [0.3, 0.4) is 0 Å². The van der Waals surface area contributed by atoms with Crippen LogP contribution in [-0.2, 0) is 12.1 Å². The number of hydrogen-bond acceptors (Lipinski definition) is 4. The summed E-state index contributed by atoms with van der Waals surface area (Å²) >= 11 is 6.42. The molecule has 0 saturated heterocycles. The molecule has 1 N–H and O–H groups in total. The lowest BCUT2D eigenvalue weighted by molar-refractivity contribution is -0.291. The molecule has 148 valence electrons. The fourth-order valence-electron chi connectivity index (χ4n) is 1.98. The molecule has 2 aromatic rings. The molecule has 0 spiro atoms. The molecule has 0 saturated carbocycles. The molecular formula is C13H6BrF8N3OS. The van der Waals surface area contributed by atoms with Gasteiger partial charge in [0.15, 0.2) is 0 Å². The van der Waals surface area contributed by atoms with Crippen LogP contribution in [-0.4, -0.2) is 15.7 Å². The van der Waals surface area contributed by atoms with E-state index in [9.17, 15) is 39.9 Å². The predicted molar refractivity (Wildman–Crippen MR) is 85.1 cm³/mol. The van der Waals surface area contributed by atoms with Crippen molar-refractivity contribution in [1.29, 1.82) is 0 Å². The van der Waals surface area contributed by atoms with Gasteiger partial charge in [-0.1, -0.05) is 12.8 Å². The monoisotopic (exact) mass is 483 g/mol. The van der Waals surface area contributed by atoms with Gasteiger partial charge in [0, 0.05) is 10.5 Å².